The van der Waals surface area contributed by atoms with Gasteiger partial charge in [-0.15, -0.1) is 22.7 Å². The molecule has 144 valence electrons. The van der Waals surface area contributed by atoms with Crippen LogP contribution in [0.25, 0.3) is 0 Å². The first-order chi connectivity index (χ1) is 12.4. The summed E-state index contributed by atoms with van der Waals surface area (Å²) in [5.74, 6) is 0.662. The predicted molar refractivity (Wildman–Crippen MR) is 100.0 cm³/mol. The molecular weight excluding hydrogens is 383 g/mol. The molecule has 5 nitrogen and oxygen atoms in total. The molecule has 0 unspecified atom stereocenters. The Kier molecular flexibility index (Phi) is 7.83. The van der Waals surface area contributed by atoms with Crippen molar-refractivity contribution in [1.29, 1.82) is 0 Å². The lowest BCUT2D eigenvalue weighted by atomic mass is 10.3. The van der Waals surface area contributed by atoms with Crippen molar-refractivity contribution in [3.8, 4) is 0 Å². The maximum absolute atomic E-state index is 12.5. The van der Waals surface area contributed by atoms with E-state index in [4.69, 9.17) is 0 Å². The number of thiazole rings is 2. The Hall–Kier alpha value is -1.68. The molecule has 2 N–H and O–H groups in total. The molecule has 0 aromatic carbocycles. The van der Waals surface area contributed by atoms with E-state index in [0.29, 0.717) is 37.0 Å². The third kappa shape index (κ3) is 6.91. The highest BCUT2D eigenvalue weighted by atomic mass is 32.1. The summed E-state index contributed by atoms with van der Waals surface area (Å²) in [5.41, 5.74) is 0.217. The van der Waals surface area contributed by atoms with Crippen LogP contribution in [-0.2, 0) is 19.0 Å². The van der Waals surface area contributed by atoms with Crippen molar-refractivity contribution < 1.29 is 13.2 Å². The highest BCUT2D eigenvalue weighted by molar-refractivity contribution is 7.09. The average Bonchev–Trinajstić information content (AvgIpc) is 3.20. The minimum absolute atomic E-state index is 0.420. The van der Waals surface area contributed by atoms with Crippen molar-refractivity contribution in [1.82, 2.24) is 20.6 Å². The van der Waals surface area contributed by atoms with Crippen LogP contribution in [0.1, 0.15) is 34.7 Å². The zero-order chi connectivity index (χ0) is 19.0. The van der Waals surface area contributed by atoms with E-state index >= 15 is 0 Å². The van der Waals surface area contributed by atoms with Crippen molar-refractivity contribution in [2.45, 2.75) is 39.3 Å². The van der Waals surface area contributed by atoms with Crippen LogP contribution in [0.2, 0.25) is 0 Å². The van der Waals surface area contributed by atoms with Gasteiger partial charge in [-0.2, -0.15) is 13.2 Å². The predicted octanol–water partition coefficient (Wildman–Crippen LogP) is 3.66. The summed E-state index contributed by atoms with van der Waals surface area (Å²) >= 11 is 2.68. The molecule has 0 saturated carbocycles. The molecule has 2 aromatic rings. The third-order valence-electron chi connectivity index (χ3n) is 3.30. The zero-order valence-corrected chi connectivity index (χ0v) is 16.3. The maximum Gasteiger partial charge on any atom is 0.434 e. The smallest absolute Gasteiger partial charge is 0.357 e. The summed E-state index contributed by atoms with van der Waals surface area (Å²) in [6.07, 6.45) is -2.18. The highest BCUT2D eigenvalue weighted by Crippen LogP contribution is 2.29. The SMILES string of the molecule is CCNC(=NCCCc1nc(C)cs1)NCCc1nc(C(F)(F)F)cs1. The molecule has 2 heterocycles. The Morgan fingerprint density at radius 3 is 2.46 bits per heavy atom. The summed E-state index contributed by atoms with van der Waals surface area (Å²) in [5, 5.41) is 10.9. The van der Waals surface area contributed by atoms with Gasteiger partial charge >= 0.3 is 6.18 Å². The number of alkyl halides is 3. The molecule has 0 amide bonds. The van der Waals surface area contributed by atoms with Gasteiger partial charge in [-0.25, -0.2) is 9.97 Å². The van der Waals surface area contributed by atoms with Gasteiger partial charge in [0.05, 0.1) is 10.0 Å². The molecule has 0 bridgehead atoms. The van der Waals surface area contributed by atoms with E-state index < -0.39 is 11.9 Å². The van der Waals surface area contributed by atoms with Crippen molar-refractivity contribution >= 4 is 28.6 Å². The molecule has 10 heteroatoms. The topological polar surface area (TPSA) is 62.2 Å². The first kappa shape index (κ1) is 20.6. The number of hydrogen-bond acceptors (Lipinski definition) is 5. The molecule has 0 saturated heterocycles. The van der Waals surface area contributed by atoms with Gasteiger partial charge in [0, 0.05) is 48.9 Å². The fourth-order valence-corrected chi connectivity index (χ4v) is 3.75. The van der Waals surface area contributed by atoms with Gasteiger partial charge in [-0.1, -0.05) is 0 Å². The second-order valence-corrected chi connectivity index (χ2v) is 7.43. The summed E-state index contributed by atoms with van der Waals surface area (Å²) in [6.45, 7) is 5.79. The van der Waals surface area contributed by atoms with Gasteiger partial charge in [-0.3, -0.25) is 4.99 Å². The van der Waals surface area contributed by atoms with Gasteiger partial charge in [0.1, 0.15) is 0 Å². The van der Waals surface area contributed by atoms with Gasteiger partial charge in [0.25, 0.3) is 0 Å². The first-order valence-electron chi connectivity index (χ1n) is 8.33. The Labute approximate surface area is 158 Å². The summed E-state index contributed by atoms with van der Waals surface area (Å²) in [7, 11) is 0. The maximum atomic E-state index is 12.5. The van der Waals surface area contributed by atoms with E-state index in [0.717, 1.165) is 40.3 Å². The molecule has 2 rings (SSSR count). The first-order valence-corrected chi connectivity index (χ1v) is 10.1. The quantitative estimate of drug-likeness (QED) is 0.400. The van der Waals surface area contributed by atoms with E-state index in [2.05, 4.69) is 25.6 Å². The van der Waals surface area contributed by atoms with Crippen LogP contribution in [0.3, 0.4) is 0 Å². The lowest BCUT2D eigenvalue weighted by molar-refractivity contribution is -0.140. The van der Waals surface area contributed by atoms with E-state index in [1.54, 1.807) is 11.3 Å². The number of hydrogen-bond donors (Lipinski definition) is 2. The summed E-state index contributed by atoms with van der Waals surface area (Å²) < 4.78 is 37.6. The summed E-state index contributed by atoms with van der Waals surface area (Å²) in [4.78, 5) is 12.5. The number of nitrogens with one attached hydrogen (secondary N) is 2. The Morgan fingerprint density at radius 1 is 1.12 bits per heavy atom. The van der Waals surface area contributed by atoms with Crippen molar-refractivity contribution in [2.24, 2.45) is 4.99 Å². The monoisotopic (exact) mass is 405 g/mol. The fraction of sp³-hybridized carbons (Fsp3) is 0.562. The van der Waals surface area contributed by atoms with E-state index in [9.17, 15) is 13.2 Å². The number of rotatable bonds is 8. The van der Waals surface area contributed by atoms with Crippen molar-refractivity contribution in [2.75, 3.05) is 19.6 Å². The Bertz CT molecular complexity index is 709. The van der Waals surface area contributed by atoms with Gasteiger partial charge < -0.3 is 10.6 Å². The normalized spacial score (nSPS) is 12.4. The van der Waals surface area contributed by atoms with Crippen LogP contribution in [0.5, 0.6) is 0 Å². The van der Waals surface area contributed by atoms with Gasteiger partial charge in [0.2, 0.25) is 0 Å². The van der Waals surface area contributed by atoms with E-state index in [-0.39, 0.29) is 0 Å². The van der Waals surface area contributed by atoms with Crippen LogP contribution >= 0.6 is 22.7 Å². The number of aryl methyl sites for hydroxylation is 2. The number of halogens is 3. The lowest BCUT2D eigenvalue weighted by Gasteiger charge is -2.10. The molecule has 0 radical (unpaired) electrons. The van der Waals surface area contributed by atoms with Gasteiger partial charge in [0.15, 0.2) is 11.7 Å². The van der Waals surface area contributed by atoms with E-state index in [1.807, 2.05) is 19.2 Å². The summed E-state index contributed by atoms with van der Waals surface area (Å²) in [6, 6.07) is 0. The van der Waals surface area contributed by atoms with E-state index in [1.165, 1.54) is 0 Å². The minimum Gasteiger partial charge on any atom is -0.357 e. The lowest BCUT2D eigenvalue weighted by Crippen LogP contribution is -2.38. The van der Waals surface area contributed by atoms with Crippen LogP contribution in [0.15, 0.2) is 15.8 Å². The molecule has 0 atom stereocenters. The molecule has 26 heavy (non-hydrogen) atoms. The standard InChI is InChI=1S/C16H22F3N5S2/c1-3-20-15(21-7-4-5-13-23-11(2)9-25-13)22-8-6-14-24-12(10-26-14)16(17,18)19/h9-10H,3-8H2,1-2H3,(H2,20,21,22). The van der Waals surface area contributed by atoms with Crippen LogP contribution < -0.4 is 10.6 Å². The molecule has 0 aliphatic heterocycles. The van der Waals surface area contributed by atoms with Crippen molar-refractivity contribution in [3.05, 3.63) is 32.2 Å². The second-order valence-electron chi connectivity index (χ2n) is 5.55. The molecular formula is C16H22F3N5S2. The molecule has 0 aliphatic rings. The number of guanidine groups is 1. The van der Waals surface area contributed by atoms with Crippen LogP contribution in [-0.4, -0.2) is 35.6 Å². The average molecular weight is 406 g/mol. The highest BCUT2D eigenvalue weighted by Gasteiger charge is 2.33. The number of aromatic nitrogens is 2. The molecule has 0 fully saturated rings. The second kappa shape index (κ2) is 9.86. The Balaban J connectivity index is 1.75. The van der Waals surface area contributed by atoms with Crippen molar-refractivity contribution in [3.63, 3.8) is 0 Å². The minimum atomic E-state index is -4.38. The van der Waals surface area contributed by atoms with Gasteiger partial charge in [-0.05, 0) is 20.3 Å². The largest absolute Gasteiger partial charge is 0.434 e. The number of nitrogens with zero attached hydrogens (tertiary/aromatic N) is 3. The molecule has 0 spiro atoms. The number of aliphatic imine (C=N–C) groups is 1. The third-order valence-corrected chi connectivity index (χ3v) is 5.24. The Morgan fingerprint density at radius 2 is 1.85 bits per heavy atom. The molecule has 2 aromatic heterocycles. The van der Waals surface area contributed by atoms with Crippen LogP contribution in [0, 0.1) is 6.92 Å². The fourth-order valence-electron chi connectivity index (χ4n) is 2.12. The molecule has 0 aliphatic carbocycles. The van der Waals surface area contributed by atoms with Crippen LogP contribution in [0.4, 0.5) is 13.2 Å². The zero-order valence-electron chi connectivity index (χ0n) is 14.7.